The van der Waals surface area contributed by atoms with E-state index in [9.17, 15) is 9.59 Å². The highest BCUT2D eigenvalue weighted by molar-refractivity contribution is 8.10. The van der Waals surface area contributed by atoms with E-state index in [0.29, 0.717) is 27.2 Å². The summed E-state index contributed by atoms with van der Waals surface area (Å²) in [6.07, 6.45) is 1.55. The third kappa shape index (κ3) is 4.09. The van der Waals surface area contributed by atoms with Gasteiger partial charge in [0.1, 0.15) is 24.1 Å². The van der Waals surface area contributed by atoms with Crippen LogP contribution in [-0.2, 0) is 11.8 Å². The second-order valence-corrected chi connectivity index (χ2v) is 15.1. The van der Waals surface area contributed by atoms with Gasteiger partial charge in [-0.1, -0.05) is 4.78 Å². The van der Waals surface area contributed by atoms with Crippen LogP contribution < -0.4 is 9.05 Å². The molecule has 2 aromatic carbocycles. The fourth-order valence-electron chi connectivity index (χ4n) is 4.62. The molecular formula is C21H28N7O4P2S+. The van der Waals surface area contributed by atoms with E-state index in [1.54, 1.807) is 48.5 Å². The summed E-state index contributed by atoms with van der Waals surface area (Å²) in [5.74, 6) is 0.936. The van der Waals surface area contributed by atoms with Crippen LogP contribution in [0.5, 0.6) is 11.5 Å². The van der Waals surface area contributed by atoms with Crippen LogP contribution in [0.25, 0.3) is 0 Å². The van der Waals surface area contributed by atoms with Gasteiger partial charge in [-0.3, -0.25) is 9.59 Å². The van der Waals surface area contributed by atoms with Crippen molar-refractivity contribution in [1.29, 1.82) is 0 Å². The lowest BCUT2D eigenvalue weighted by atomic mass is 10.2. The number of nitrogens with zero attached hydrogens (tertiary/aromatic N) is 7. The van der Waals surface area contributed by atoms with E-state index < -0.39 is 14.1 Å². The molecule has 0 radical (unpaired) electrons. The average Bonchev–Trinajstić information content (AvgIpc) is 2.85. The van der Waals surface area contributed by atoms with Crippen molar-refractivity contribution in [3.8, 4) is 11.5 Å². The van der Waals surface area contributed by atoms with Gasteiger partial charge in [0.05, 0.1) is 13.7 Å². The number of benzene rings is 2. The minimum absolute atomic E-state index is 0.468. The van der Waals surface area contributed by atoms with Gasteiger partial charge in [-0.05, 0) is 48.5 Å². The van der Waals surface area contributed by atoms with Gasteiger partial charge in [0.2, 0.25) is 0 Å². The van der Waals surface area contributed by atoms with E-state index in [4.69, 9.17) is 25.4 Å². The van der Waals surface area contributed by atoms with Crippen molar-refractivity contribution in [1.82, 2.24) is 24.4 Å². The predicted octanol–water partition coefficient (Wildman–Crippen LogP) is 3.44. The van der Waals surface area contributed by atoms with Crippen molar-refractivity contribution in [2.24, 2.45) is 4.52 Å². The van der Waals surface area contributed by atoms with Crippen molar-refractivity contribution < 1.29 is 23.2 Å². The molecule has 4 aliphatic heterocycles. The number of rotatable bonds is 7. The molecule has 4 bridgehead atoms. The number of hydrogen-bond acceptors (Lipinski definition) is 7. The van der Waals surface area contributed by atoms with Crippen molar-refractivity contribution in [2.45, 2.75) is 0 Å². The van der Waals surface area contributed by atoms with Crippen molar-refractivity contribution in [3.05, 3.63) is 59.7 Å². The van der Waals surface area contributed by atoms with Crippen molar-refractivity contribution >= 4 is 38.5 Å². The second kappa shape index (κ2) is 8.85. The SMILES string of the molecule is CN1N2CN3C[N+](C)(C2)N(C)P1(=NP(=S)(Oc1ccc(C=O)cc1)Oc1ccc(C=O)cc1)N3C. The van der Waals surface area contributed by atoms with Crippen LogP contribution in [-0.4, -0.2) is 89.7 Å². The van der Waals surface area contributed by atoms with Gasteiger partial charge >= 0.3 is 6.64 Å². The second-order valence-electron chi connectivity index (χ2n) is 8.90. The summed E-state index contributed by atoms with van der Waals surface area (Å²) >= 11 is 6.08. The minimum Gasteiger partial charge on any atom is -0.419 e. The van der Waals surface area contributed by atoms with Crippen LogP contribution in [0.1, 0.15) is 20.7 Å². The Balaban J connectivity index is 1.63. The summed E-state index contributed by atoms with van der Waals surface area (Å²) in [6, 6.07) is 13.4. The molecule has 11 nitrogen and oxygen atoms in total. The standard InChI is InChI=1S/C21H28N7O4P2S/c1-23-26-15-27-17-28(4,16-26)25(3)33(23,24(27)2)22-34(35,31-20-9-5-18(13-29)6-10-20)32-21-11-7-19(14-30)8-12-21/h5-14H,15-17H2,1-4H3/q+1. The van der Waals surface area contributed by atoms with Gasteiger partial charge in [-0.25, -0.2) is 4.59 Å². The van der Waals surface area contributed by atoms with Crippen LogP contribution >= 0.6 is 14.1 Å². The van der Waals surface area contributed by atoms with Gasteiger partial charge < -0.3 is 9.05 Å². The first-order chi connectivity index (χ1) is 16.6. The minimum atomic E-state index is -3.36. The fraction of sp³-hybridized carbons (Fsp3) is 0.333. The fourth-order valence-corrected chi connectivity index (χ4v) is 12.4. The van der Waals surface area contributed by atoms with E-state index in [-0.39, 0.29) is 0 Å². The van der Waals surface area contributed by atoms with Gasteiger partial charge in [-0.2, -0.15) is 19.6 Å². The van der Waals surface area contributed by atoms with Crippen LogP contribution in [0, 0.1) is 0 Å². The van der Waals surface area contributed by atoms with E-state index >= 15 is 0 Å². The maximum Gasteiger partial charge on any atom is 0.416 e. The summed E-state index contributed by atoms with van der Waals surface area (Å²) in [5.41, 5.74) is 1.07. The zero-order valence-corrected chi connectivity index (χ0v) is 22.6. The van der Waals surface area contributed by atoms with Gasteiger partial charge in [0, 0.05) is 44.1 Å². The Morgan fingerprint density at radius 1 is 0.886 bits per heavy atom. The van der Waals surface area contributed by atoms with E-state index in [2.05, 4.69) is 38.5 Å². The van der Waals surface area contributed by atoms with E-state index in [1.807, 2.05) is 14.1 Å². The normalized spacial score (nSPS) is 30.7. The lowest BCUT2D eigenvalue weighted by molar-refractivity contribution is -1.03. The smallest absolute Gasteiger partial charge is 0.416 e. The average molecular weight is 537 g/mol. The molecule has 0 amide bonds. The maximum atomic E-state index is 11.1. The van der Waals surface area contributed by atoms with E-state index in [0.717, 1.165) is 32.6 Å². The molecule has 0 saturated carbocycles. The van der Waals surface area contributed by atoms with Crippen LogP contribution in [0.3, 0.4) is 0 Å². The molecule has 35 heavy (non-hydrogen) atoms. The number of aldehydes is 2. The molecule has 4 aliphatic rings. The molecule has 186 valence electrons. The Kier molecular flexibility index (Phi) is 6.24. The Hall–Kier alpha value is -1.98. The number of hydrazine groups is 2. The Bertz CT molecular complexity index is 1180. The monoisotopic (exact) mass is 536 g/mol. The molecule has 4 heterocycles. The highest BCUT2D eigenvalue weighted by Gasteiger charge is 2.63. The molecule has 6 rings (SSSR count). The lowest BCUT2D eigenvalue weighted by Gasteiger charge is -2.68. The summed E-state index contributed by atoms with van der Waals surface area (Å²) in [6.45, 7) is -0.918. The molecule has 0 aromatic heterocycles. The Morgan fingerprint density at radius 2 is 1.31 bits per heavy atom. The number of hydrogen-bond donors (Lipinski definition) is 0. The summed E-state index contributed by atoms with van der Waals surface area (Å²) in [4.78, 5) is 22.2. The topological polar surface area (TPSA) is 81.2 Å². The zero-order valence-electron chi connectivity index (χ0n) is 20.0. The molecular weight excluding hydrogens is 508 g/mol. The van der Waals surface area contributed by atoms with Crippen LogP contribution in [0.2, 0.25) is 0 Å². The van der Waals surface area contributed by atoms with Crippen molar-refractivity contribution in [2.75, 3.05) is 48.2 Å². The van der Waals surface area contributed by atoms with Crippen LogP contribution in [0.4, 0.5) is 0 Å². The first kappa shape index (κ1) is 24.7. The van der Waals surface area contributed by atoms with E-state index in [1.165, 1.54) is 0 Å². The molecule has 0 spiro atoms. The molecule has 0 N–H and O–H groups in total. The van der Waals surface area contributed by atoms with Gasteiger partial charge in [0.15, 0.2) is 13.3 Å². The molecule has 4 fully saturated rings. The number of carbonyl (C=O) groups is 2. The first-order valence-electron chi connectivity index (χ1n) is 10.9. The van der Waals surface area contributed by atoms with Crippen molar-refractivity contribution in [3.63, 3.8) is 0 Å². The Labute approximate surface area is 209 Å². The summed E-state index contributed by atoms with van der Waals surface area (Å²) in [7, 11) is 5.75. The predicted molar refractivity (Wildman–Crippen MR) is 136 cm³/mol. The number of carbonyl (C=O) groups excluding carboxylic acids is 2. The quantitative estimate of drug-likeness (QED) is 0.298. The molecule has 2 aromatic rings. The van der Waals surface area contributed by atoms with Gasteiger partial charge in [0.25, 0.3) is 7.51 Å². The Morgan fingerprint density at radius 3 is 1.71 bits per heavy atom. The third-order valence-corrected chi connectivity index (χ3v) is 13.7. The summed E-state index contributed by atoms with van der Waals surface area (Å²) in [5, 5.41) is 4.55. The molecule has 14 heteroatoms. The zero-order chi connectivity index (χ0) is 25.0. The molecule has 4 saturated heterocycles. The van der Waals surface area contributed by atoms with Crippen LogP contribution in [0.15, 0.2) is 53.0 Å². The molecule has 2 unspecified atom stereocenters. The maximum absolute atomic E-state index is 11.1. The van der Waals surface area contributed by atoms with Gasteiger partial charge in [-0.15, -0.1) is 4.52 Å². The largest absolute Gasteiger partial charge is 0.419 e. The molecule has 2 atom stereocenters. The number of quaternary nitrogens is 1. The molecule has 0 aliphatic carbocycles. The third-order valence-electron chi connectivity index (χ3n) is 6.65. The highest BCUT2D eigenvalue weighted by atomic mass is 32.5. The highest BCUT2D eigenvalue weighted by Crippen LogP contribution is 2.72. The summed E-state index contributed by atoms with van der Waals surface area (Å²) < 4.78 is 25.3. The first-order valence-corrected chi connectivity index (χ1v) is 15.1. The lowest BCUT2D eigenvalue weighted by Crippen LogP contribution is -2.81.